The smallest absolute Gasteiger partial charge is 0.311 e. The first kappa shape index (κ1) is 18.5. The Hall–Kier alpha value is -1.83. The van der Waals surface area contributed by atoms with Gasteiger partial charge in [-0.3, -0.25) is 4.79 Å². The van der Waals surface area contributed by atoms with E-state index in [4.69, 9.17) is 24.8 Å². The fourth-order valence-corrected chi connectivity index (χ4v) is 2.58. The largest absolute Gasteiger partial charge is 0.468 e. The lowest BCUT2D eigenvalue weighted by atomic mass is 9.87. The fraction of sp³-hybridized carbons (Fsp3) is 0.588. The van der Waals surface area contributed by atoms with Gasteiger partial charge in [-0.15, -0.1) is 0 Å². The van der Waals surface area contributed by atoms with Crippen LogP contribution in [-0.4, -0.2) is 32.3 Å². The number of benzene rings is 1. The van der Waals surface area contributed by atoms with Crippen molar-refractivity contribution < 1.29 is 28.6 Å². The Morgan fingerprint density at radius 3 is 2.38 bits per heavy atom. The maximum Gasteiger partial charge on any atom is 0.311 e. The number of carbonyl (C=O) groups is 1. The van der Waals surface area contributed by atoms with Gasteiger partial charge in [0.2, 0.25) is 0 Å². The lowest BCUT2D eigenvalue weighted by molar-refractivity contribution is -0.163. The normalized spacial score (nSPS) is 20.4. The quantitative estimate of drug-likeness (QED) is 0.320. The van der Waals surface area contributed by atoms with Crippen LogP contribution in [-0.2, 0) is 19.0 Å². The molecule has 0 unspecified atom stereocenters. The standard InChI is InChI=1S/C17H25NO6/c1-2-20-11-23-17(19)13-3-5-14(6-4-13)21-12-22-15-7-9-16(24-18)10-8-15/h7-10,13-14H,2-6,11-12,18H2,1H3. The molecule has 2 rings (SSSR count). The van der Waals surface area contributed by atoms with E-state index in [0.29, 0.717) is 18.1 Å². The van der Waals surface area contributed by atoms with Crippen molar-refractivity contribution >= 4 is 5.97 Å². The van der Waals surface area contributed by atoms with Crippen LogP contribution in [0.15, 0.2) is 24.3 Å². The number of ether oxygens (including phenoxy) is 4. The van der Waals surface area contributed by atoms with Crippen LogP contribution in [0.4, 0.5) is 0 Å². The predicted molar refractivity (Wildman–Crippen MR) is 86.2 cm³/mol. The molecule has 1 aromatic rings. The summed E-state index contributed by atoms with van der Waals surface area (Å²) in [6.45, 7) is 2.61. The number of esters is 1. The second-order valence-electron chi connectivity index (χ2n) is 5.57. The molecular weight excluding hydrogens is 314 g/mol. The Labute approximate surface area is 141 Å². The van der Waals surface area contributed by atoms with Crippen molar-refractivity contribution in [2.45, 2.75) is 38.7 Å². The number of nitrogens with two attached hydrogens (primary N) is 1. The molecule has 0 atom stereocenters. The average Bonchev–Trinajstić information content (AvgIpc) is 2.63. The van der Waals surface area contributed by atoms with Crippen molar-refractivity contribution in [3.63, 3.8) is 0 Å². The highest BCUT2D eigenvalue weighted by atomic mass is 16.7. The molecule has 0 spiro atoms. The van der Waals surface area contributed by atoms with Gasteiger partial charge in [0, 0.05) is 6.61 Å². The zero-order chi connectivity index (χ0) is 17.2. The first-order valence-electron chi connectivity index (χ1n) is 8.18. The highest BCUT2D eigenvalue weighted by Crippen LogP contribution is 2.27. The molecule has 0 radical (unpaired) electrons. The van der Waals surface area contributed by atoms with Crippen LogP contribution in [0, 0.1) is 5.92 Å². The molecule has 1 aromatic carbocycles. The molecule has 0 saturated heterocycles. The highest BCUT2D eigenvalue weighted by Gasteiger charge is 2.27. The van der Waals surface area contributed by atoms with E-state index in [0.717, 1.165) is 25.7 Å². The molecule has 24 heavy (non-hydrogen) atoms. The third kappa shape index (κ3) is 5.99. The Morgan fingerprint density at radius 1 is 1.08 bits per heavy atom. The summed E-state index contributed by atoms with van der Waals surface area (Å²) >= 11 is 0. The molecule has 1 saturated carbocycles. The first-order chi connectivity index (χ1) is 11.7. The topological polar surface area (TPSA) is 89.2 Å². The van der Waals surface area contributed by atoms with Crippen LogP contribution >= 0.6 is 0 Å². The summed E-state index contributed by atoms with van der Waals surface area (Å²) in [7, 11) is 0. The van der Waals surface area contributed by atoms with Gasteiger partial charge in [0.25, 0.3) is 0 Å². The summed E-state index contributed by atoms with van der Waals surface area (Å²) in [6.07, 6.45) is 3.26. The van der Waals surface area contributed by atoms with E-state index in [2.05, 4.69) is 4.84 Å². The minimum atomic E-state index is -0.180. The maximum absolute atomic E-state index is 11.8. The maximum atomic E-state index is 11.8. The van der Waals surface area contributed by atoms with Gasteiger partial charge in [0.15, 0.2) is 13.6 Å². The van der Waals surface area contributed by atoms with Crippen LogP contribution < -0.4 is 15.5 Å². The van der Waals surface area contributed by atoms with Crippen LogP contribution in [0.25, 0.3) is 0 Å². The number of carbonyl (C=O) groups excluding carboxylic acids is 1. The first-order valence-corrected chi connectivity index (χ1v) is 8.18. The minimum absolute atomic E-state index is 0.0353. The van der Waals surface area contributed by atoms with Crippen LogP contribution in [0.2, 0.25) is 0 Å². The molecule has 0 bridgehead atoms. The van der Waals surface area contributed by atoms with E-state index in [-0.39, 0.29) is 31.6 Å². The van der Waals surface area contributed by atoms with E-state index in [1.54, 1.807) is 24.3 Å². The van der Waals surface area contributed by atoms with E-state index in [9.17, 15) is 4.79 Å². The SMILES string of the molecule is CCOCOC(=O)C1CCC(OCOc2ccc(ON)cc2)CC1. The van der Waals surface area contributed by atoms with Crippen LogP contribution in [0.1, 0.15) is 32.6 Å². The molecule has 0 aromatic heterocycles. The summed E-state index contributed by atoms with van der Waals surface area (Å²) in [5.41, 5.74) is 0. The lowest BCUT2D eigenvalue weighted by Gasteiger charge is -2.27. The van der Waals surface area contributed by atoms with Gasteiger partial charge in [0.05, 0.1) is 12.0 Å². The Bertz CT molecular complexity index is 484. The Morgan fingerprint density at radius 2 is 1.75 bits per heavy atom. The summed E-state index contributed by atoms with van der Waals surface area (Å²) in [5, 5.41) is 0. The molecule has 7 heteroatoms. The van der Waals surface area contributed by atoms with Gasteiger partial charge in [-0.25, -0.2) is 0 Å². The van der Waals surface area contributed by atoms with Crippen molar-refractivity contribution in [2.75, 3.05) is 20.2 Å². The van der Waals surface area contributed by atoms with Gasteiger partial charge in [-0.05, 0) is 56.9 Å². The minimum Gasteiger partial charge on any atom is -0.468 e. The Balaban J connectivity index is 1.61. The molecule has 1 aliphatic carbocycles. The summed E-state index contributed by atoms with van der Waals surface area (Å²) in [4.78, 5) is 16.4. The number of rotatable bonds is 9. The zero-order valence-electron chi connectivity index (χ0n) is 13.9. The highest BCUT2D eigenvalue weighted by molar-refractivity contribution is 5.72. The third-order valence-corrected chi connectivity index (χ3v) is 3.99. The van der Waals surface area contributed by atoms with Gasteiger partial charge < -0.3 is 23.8 Å². The van der Waals surface area contributed by atoms with Crippen LogP contribution in [0.5, 0.6) is 11.5 Å². The van der Waals surface area contributed by atoms with E-state index >= 15 is 0 Å². The third-order valence-electron chi connectivity index (χ3n) is 3.99. The van der Waals surface area contributed by atoms with E-state index < -0.39 is 0 Å². The molecule has 0 heterocycles. The monoisotopic (exact) mass is 339 g/mol. The molecule has 0 amide bonds. The van der Waals surface area contributed by atoms with Crippen molar-refractivity contribution in [3.05, 3.63) is 24.3 Å². The van der Waals surface area contributed by atoms with E-state index in [1.165, 1.54) is 0 Å². The van der Waals surface area contributed by atoms with Gasteiger partial charge in [-0.1, -0.05) is 0 Å². The molecule has 2 N–H and O–H groups in total. The average molecular weight is 339 g/mol. The summed E-state index contributed by atoms with van der Waals surface area (Å²) < 4.78 is 21.3. The zero-order valence-corrected chi connectivity index (χ0v) is 13.9. The van der Waals surface area contributed by atoms with Crippen molar-refractivity contribution in [2.24, 2.45) is 11.8 Å². The van der Waals surface area contributed by atoms with Gasteiger partial charge >= 0.3 is 5.97 Å². The second kappa shape index (κ2) is 10.1. The lowest BCUT2D eigenvalue weighted by Crippen LogP contribution is -2.28. The Kier molecular flexibility index (Phi) is 7.81. The summed E-state index contributed by atoms with van der Waals surface area (Å²) in [6, 6.07) is 6.95. The molecular formula is C17H25NO6. The molecule has 1 aliphatic rings. The second-order valence-corrected chi connectivity index (χ2v) is 5.57. The molecule has 7 nitrogen and oxygen atoms in total. The van der Waals surface area contributed by atoms with Crippen molar-refractivity contribution in [3.8, 4) is 11.5 Å². The summed E-state index contributed by atoms with van der Waals surface area (Å²) in [5.74, 6) is 6.07. The van der Waals surface area contributed by atoms with Crippen LogP contribution in [0.3, 0.4) is 0 Å². The number of hydrogen-bond acceptors (Lipinski definition) is 7. The molecule has 134 valence electrons. The van der Waals surface area contributed by atoms with Gasteiger partial charge in [-0.2, -0.15) is 5.90 Å². The fourth-order valence-electron chi connectivity index (χ4n) is 2.58. The predicted octanol–water partition coefficient (Wildman–Crippen LogP) is 2.39. The van der Waals surface area contributed by atoms with Gasteiger partial charge in [0.1, 0.15) is 11.5 Å². The number of hydrogen-bond donors (Lipinski definition) is 1. The van der Waals surface area contributed by atoms with Crippen molar-refractivity contribution in [1.82, 2.24) is 0 Å². The molecule has 1 fully saturated rings. The molecule has 0 aliphatic heterocycles. The van der Waals surface area contributed by atoms with E-state index in [1.807, 2.05) is 6.92 Å². The van der Waals surface area contributed by atoms with Crippen molar-refractivity contribution in [1.29, 1.82) is 0 Å².